The summed E-state index contributed by atoms with van der Waals surface area (Å²) < 4.78 is 4.72. The summed E-state index contributed by atoms with van der Waals surface area (Å²) in [5.74, 6) is -1.60. The Bertz CT molecular complexity index is 755. The van der Waals surface area contributed by atoms with E-state index in [9.17, 15) is 19.8 Å². The number of amides is 1. The van der Waals surface area contributed by atoms with E-state index in [1.54, 1.807) is 30.3 Å². The molecule has 0 aromatic heterocycles. The van der Waals surface area contributed by atoms with Gasteiger partial charge in [-0.25, -0.2) is 4.79 Å². The Labute approximate surface area is 139 Å². The first-order valence-corrected chi connectivity index (χ1v) is 7.14. The topological polar surface area (TPSA) is 95.9 Å². The minimum atomic E-state index is -0.915. The minimum Gasteiger partial charge on any atom is -0.504 e. The van der Waals surface area contributed by atoms with E-state index in [4.69, 9.17) is 4.74 Å². The van der Waals surface area contributed by atoms with Crippen LogP contribution in [0.25, 0.3) is 6.08 Å². The summed E-state index contributed by atoms with van der Waals surface area (Å²) in [6, 6.07) is 12.0. The number of methoxy groups -OCH3 is 1. The molecule has 0 radical (unpaired) electrons. The van der Waals surface area contributed by atoms with E-state index in [-0.39, 0.29) is 11.5 Å². The van der Waals surface area contributed by atoms with Gasteiger partial charge in [-0.05, 0) is 29.3 Å². The molecule has 0 heterocycles. The van der Waals surface area contributed by atoms with E-state index in [1.165, 1.54) is 37.5 Å². The summed E-state index contributed by atoms with van der Waals surface area (Å²) in [6.07, 6.45) is 2.68. The second-order valence-electron chi connectivity index (χ2n) is 4.96. The Balaban J connectivity index is 2.11. The Morgan fingerprint density at radius 3 is 2.42 bits per heavy atom. The number of aromatic hydroxyl groups is 2. The Hall–Kier alpha value is -3.28. The molecule has 0 saturated heterocycles. The average molecular weight is 327 g/mol. The highest BCUT2D eigenvalue weighted by Crippen LogP contribution is 2.25. The molecule has 0 fully saturated rings. The molecular formula is C18H17NO5. The SMILES string of the molecule is COC(=O)[C@@H](NC(=O)/C=C/c1ccc(O)c(O)c1)c1ccccc1. The zero-order valence-electron chi connectivity index (χ0n) is 13.0. The predicted octanol–water partition coefficient (Wildman–Crippen LogP) is 2.14. The van der Waals surface area contributed by atoms with Gasteiger partial charge >= 0.3 is 5.97 Å². The van der Waals surface area contributed by atoms with Crippen LogP contribution in [-0.2, 0) is 14.3 Å². The van der Waals surface area contributed by atoms with Crippen molar-refractivity contribution >= 4 is 18.0 Å². The molecule has 0 spiro atoms. The zero-order chi connectivity index (χ0) is 17.5. The van der Waals surface area contributed by atoms with Crippen molar-refractivity contribution in [2.45, 2.75) is 6.04 Å². The van der Waals surface area contributed by atoms with Gasteiger partial charge in [0.1, 0.15) is 0 Å². The Morgan fingerprint density at radius 1 is 1.08 bits per heavy atom. The first-order chi connectivity index (χ1) is 11.5. The van der Waals surface area contributed by atoms with Crippen LogP contribution in [0.2, 0.25) is 0 Å². The number of esters is 1. The van der Waals surface area contributed by atoms with Gasteiger partial charge in [0.15, 0.2) is 17.5 Å². The van der Waals surface area contributed by atoms with Crippen LogP contribution in [-0.4, -0.2) is 29.2 Å². The first-order valence-electron chi connectivity index (χ1n) is 7.14. The molecule has 2 rings (SSSR count). The molecule has 0 saturated carbocycles. The van der Waals surface area contributed by atoms with Gasteiger partial charge < -0.3 is 20.3 Å². The molecular weight excluding hydrogens is 310 g/mol. The fourth-order valence-electron chi connectivity index (χ4n) is 2.05. The van der Waals surface area contributed by atoms with Crippen LogP contribution in [0.5, 0.6) is 11.5 Å². The van der Waals surface area contributed by atoms with Crippen LogP contribution in [0.1, 0.15) is 17.2 Å². The van der Waals surface area contributed by atoms with Crippen LogP contribution in [0.3, 0.4) is 0 Å². The lowest BCUT2D eigenvalue weighted by Crippen LogP contribution is -2.33. The molecule has 0 aliphatic carbocycles. The van der Waals surface area contributed by atoms with Gasteiger partial charge in [0.05, 0.1) is 7.11 Å². The molecule has 6 nitrogen and oxygen atoms in total. The Kier molecular flexibility index (Phi) is 5.57. The molecule has 124 valence electrons. The van der Waals surface area contributed by atoms with Crippen LogP contribution in [0.4, 0.5) is 0 Å². The summed E-state index contributed by atoms with van der Waals surface area (Å²) in [4.78, 5) is 23.9. The number of hydrogen-bond donors (Lipinski definition) is 3. The second kappa shape index (κ2) is 7.82. The van der Waals surface area contributed by atoms with E-state index >= 15 is 0 Å². The fraction of sp³-hybridized carbons (Fsp3) is 0.111. The lowest BCUT2D eigenvalue weighted by molar-refractivity contribution is -0.144. The zero-order valence-corrected chi connectivity index (χ0v) is 13.0. The number of hydrogen-bond acceptors (Lipinski definition) is 5. The molecule has 3 N–H and O–H groups in total. The lowest BCUT2D eigenvalue weighted by atomic mass is 10.1. The summed E-state index contributed by atoms with van der Waals surface area (Å²) in [6.45, 7) is 0. The number of rotatable bonds is 5. The molecule has 6 heteroatoms. The summed E-state index contributed by atoms with van der Waals surface area (Å²) in [5, 5.41) is 21.2. The quantitative estimate of drug-likeness (QED) is 0.444. The van der Waals surface area contributed by atoms with Crippen LogP contribution in [0, 0.1) is 0 Å². The van der Waals surface area contributed by atoms with E-state index in [0.29, 0.717) is 11.1 Å². The highest BCUT2D eigenvalue weighted by Gasteiger charge is 2.22. The van der Waals surface area contributed by atoms with Crippen molar-refractivity contribution in [1.82, 2.24) is 5.32 Å². The maximum Gasteiger partial charge on any atom is 0.333 e. The summed E-state index contributed by atoms with van der Waals surface area (Å²) in [7, 11) is 1.25. The van der Waals surface area contributed by atoms with Crippen molar-refractivity contribution in [3.63, 3.8) is 0 Å². The molecule has 2 aromatic carbocycles. The summed E-state index contributed by atoms with van der Waals surface area (Å²) >= 11 is 0. The van der Waals surface area contributed by atoms with Gasteiger partial charge in [0.2, 0.25) is 5.91 Å². The predicted molar refractivity (Wildman–Crippen MR) is 88.1 cm³/mol. The second-order valence-corrected chi connectivity index (χ2v) is 4.96. The van der Waals surface area contributed by atoms with Gasteiger partial charge in [-0.15, -0.1) is 0 Å². The number of benzene rings is 2. The Morgan fingerprint density at radius 2 is 1.79 bits per heavy atom. The molecule has 1 atom stereocenters. The van der Waals surface area contributed by atoms with Crippen molar-refractivity contribution in [2.24, 2.45) is 0 Å². The van der Waals surface area contributed by atoms with Gasteiger partial charge in [0.25, 0.3) is 0 Å². The molecule has 0 aliphatic rings. The molecule has 2 aromatic rings. The van der Waals surface area contributed by atoms with Crippen molar-refractivity contribution in [3.8, 4) is 11.5 Å². The van der Waals surface area contributed by atoms with E-state index in [1.807, 2.05) is 0 Å². The van der Waals surface area contributed by atoms with Gasteiger partial charge in [-0.2, -0.15) is 0 Å². The normalized spacial score (nSPS) is 11.9. The monoisotopic (exact) mass is 327 g/mol. The number of carbonyl (C=O) groups excluding carboxylic acids is 2. The minimum absolute atomic E-state index is 0.244. The average Bonchev–Trinajstić information content (AvgIpc) is 2.60. The van der Waals surface area contributed by atoms with Crippen molar-refractivity contribution in [3.05, 3.63) is 65.7 Å². The maximum absolute atomic E-state index is 12.1. The third-order valence-corrected chi connectivity index (χ3v) is 3.28. The van der Waals surface area contributed by atoms with Gasteiger partial charge in [-0.1, -0.05) is 36.4 Å². The van der Waals surface area contributed by atoms with Crippen LogP contribution >= 0.6 is 0 Å². The molecule has 1 amide bonds. The molecule has 0 bridgehead atoms. The molecule has 0 aliphatic heterocycles. The standard InChI is InChI=1S/C18H17NO5/c1-24-18(23)17(13-5-3-2-4-6-13)19-16(22)10-8-12-7-9-14(20)15(21)11-12/h2-11,17,20-21H,1H3,(H,19,22)/b10-8+/t17-/m0/s1. The fourth-order valence-corrected chi connectivity index (χ4v) is 2.05. The number of phenols is 2. The number of phenolic OH excluding ortho intramolecular Hbond substituents is 2. The highest BCUT2D eigenvalue weighted by molar-refractivity contribution is 5.95. The van der Waals surface area contributed by atoms with E-state index < -0.39 is 17.9 Å². The van der Waals surface area contributed by atoms with Crippen molar-refractivity contribution < 1.29 is 24.5 Å². The summed E-state index contributed by atoms with van der Waals surface area (Å²) in [5.41, 5.74) is 1.13. The first kappa shape index (κ1) is 17.1. The van der Waals surface area contributed by atoms with Gasteiger partial charge in [0, 0.05) is 6.08 Å². The largest absolute Gasteiger partial charge is 0.504 e. The third-order valence-electron chi connectivity index (χ3n) is 3.28. The van der Waals surface area contributed by atoms with E-state index in [0.717, 1.165) is 0 Å². The smallest absolute Gasteiger partial charge is 0.333 e. The van der Waals surface area contributed by atoms with Gasteiger partial charge in [-0.3, -0.25) is 4.79 Å². The van der Waals surface area contributed by atoms with Crippen molar-refractivity contribution in [2.75, 3.05) is 7.11 Å². The number of ether oxygens (including phenoxy) is 1. The third kappa shape index (κ3) is 4.36. The van der Waals surface area contributed by atoms with Crippen LogP contribution < -0.4 is 5.32 Å². The van der Waals surface area contributed by atoms with Crippen LogP contribution in [0.15, 0.2) is 54.6 Å². The molecule has 24 heavy (non-hydrogen) atoms. The lowest BCUT2D eigenvalue weighted by Gasteiger charge is -2.15. The maximum atomic E-state index is 12.1. The highest BCUT2D eigenvalue weighted by atomic mass is 16.5. The number of carbonyl (C=O) groups is 2. The molecule has 0 unspecified atom stereocenters. The number of nitrogens with one attached hydrogen (secondary N) is 1. The van der Waals surface area contributed by atoms with E-state index in [2.05, 4.69) is 5.32 Å². The van der Waals surface area contributed by atoms with Crippen molar-refractivity contribution in [1.29, 1.82) is 0 Å².